The van der Waals surface area contributed by atoms with Crippen LogP contribution in [0.3, 0.4) is 0 Å². The Morgan fingerprint density at radius 3 is 2.51 bits per heavy atom. The lowest BCUT2D eigenvalue weighted by Crippen LogP contribution is -2.60. The first-order valence-corrected chi connectivity index (χ1v) is 16.4. The second-order valence-corrected chi connectivity index (χ2v) is 12.3. The van der Waals surface area contributed by atoms with Crippen molar-refractivity contribution in [2.45, 2.75) is 76.3 Å². The molecule has 1 aliphatic rings. The van der Waals surface area contributed by atoms with E-state index < -0.39 is 53.7 Å². The predicted octanol–water partition coefficient (Wildman–Crippen LogP) is 0.940. The third-order valence-corrected chi connectivity index (χ3v) is 7.95. The van der Waals surface area contributed by atoms with Crippen molar-refractivity contribution >= 4 is 23.6 Å². The first kappa shape index (κ1) is 36.9. The zero-order chi connectivity index (χ0) is 35.3. The van der Waals surface area contributed by atoms with Gasteiger partial charge in [-0.05, 0) is 70.6 Å². The topological polar surface area (TPSA) is 180 Å². The molecule has 1 aliphatic heterocycles. The van der Waals surface area contributed by atoms with Crippen LogP contribution in [0.25, 0.3) is 0 Å². The van der Waals surface area contributed by atoms with Crippen LogP contribution in [0.4, 0.5) is 4.39 Å². The summed E-state index contributed by atoms with van der Waals surface area (Å²) in [6, 6.07) is 8.96. The number of benzene rings is 2. The van der Waals surface area contributed by atoms with Gasteiger partial charge in [0, 0.05) is 19.4 Å². The largest absolute Gasteiger partial charge is 0.493 e. The van der Waals surface area contributed by atoms with E-state index >= 15 is 0 Å². The number of hydrogen-bond acceptors (Lipinski definition) is 9. The lowest BCUT2D eigenvalue weighted by Gasteiger charge is -2.27. The van der Waals surface area contributed by atoms with Crippen LogP contribution in [0.2, 0.25) is 0 Å². The number of aromatic nitrogens is 3. The average molecular weight is 681 g/mol. The Morgan fingerprint density at radius 2 is 1.78 bits per heavy atom. The quantitative estimate of drug-likeness (QED) is 0.217. The van der Waals surface area contributed by atoms with Gasteiger partial charge in [-0.15, -0.1) is 5.10 Å². The van der Waals surface area contributed by atoms with Crippen LogP contribution in [-0.4, -0.2) is 100 Å². The number of aliphatic hydroxyl groups excluding tert-OH is 1. The third kappa shape index (κ3) is 11.4. The monoisotopic (exact) mass is 680 g/mol. The normalized spacial score (nSPS) is 20.5. The molecule has 1 aromatic heterocycles. The second kappa shape index (κ2) is 18.0. The first-order valence-electron chi connectivity index (χ1n) is 16.4. The van der Waals surface area contributed by atoms with E-state index in [0.29, 0.717) is 31.5 Å². The van der Waals surface area contributed by atoms with Crippen LogP contribution < -0.4 is 26.0 Å². The molecule has 5 N–H and O–H groups in total. The Bertz CT molecular complexity index is 1570. The van der Waals surface area contributed by atoms with Crippen molar-refractivity contribution in [3.8, 4) is 5.75 Å². The van der Waals surface area contributed by atoms with E-state index in [1.54, 1.807) is 10.9 Å². The maximum Gasteiger partial charge on any atom is 0.255 e. The highest BCUT2D eigenvalue weighted by molar-refractivity contribution is 6.00. The van der Waals surface area contributed by atoms with E-state index in [9.17, 15) is 28.7 Å². The lowest BCUT2D eigenvalue weighted by atomic mass is 10.0. The van der Waals surface area contributed by atoms with Crippen LogP contribution in [0.1, 0.15) is 54.2 Å². The van der Waals surface area contributed by atoms with Crippen LogP contribution in [-0.2, 0) is 33.9 Å². The molecule has 4 amide bonds. The Hall–Kier alpha value is -4.89. The van der Waals surface area contributed by atoms with Gasteiger partial charge in [-0.3, -0.25) is 23.9 Å². The number of nitrogens with one attached hydrogen (secondary N) is 4. The summed E-state index contributed by atoms with van der Waals surface area (Å²) in [5.41, 5.74) is 1.16. The molecule has 2 bridgehead atoms. The summed E-state index contributed by atoms with van der Waals surface area (Å²) in [5.74, 6) is -3.30. The van der Waals surface area contributed by atoms with Gasteiger partial charge in [-0.25, -0.2) is 4.39 Å². The highest BCUT2D eigenvalue weighted by atomic mass is 19.1. The number of hydrogen-bond donors (Lipinski definition) is 5. The van der Waals surface area contributed by atoms with E-state index in [2.05, 4.69) is 31.6 Å². The fourth-order valence-corrected chi connectivity index (χ4v) is 5.30. The second-order valence-electron chi connectivity index (χ2n) is 12.3. The third-order valence-electron chi connectivity index (χ3n) is 7.95. The number of fused-ring (bicyclic) bond motifs is 3. The summed E-state index contributed by atoms with van der Waals surface area (Å²) in [4.78, 5) is 56.3. The highest BCUT2D eigenvalue weighted by Crippen LogP contribution is 2.21. The van der Waals surface area contributed by atoms with Gasteiger partial charge in [0.05, 0.1) is 31.0 Å². The van der Waals surface area contributed by atoms with E-state index in [0.717, 1.165) is 18.2 Å². The van der Waals surface area contributed by atoms with Crippen molar-refractivity contribution in [3.05, 3.63) is 77.4 Å². The molecule has 14 nitrogen and oxygen atoms in total. The minimum atomic E-state index is -1.47. The number of aryl methyl sites for hydroxylation is 1. The minimum absolute atomic E-state index is 0.0370. The standard InChI is InChI=1S/C34H45FN8O6/c1-22(44)30-34(48)38-28(18-23-10-5-4-6-11-23)32(46)36-20-25-21-43(41-40-25)16-9-17-49-29-14-13-24(35)19-26(29)31(45)37-27(33(47)39-30)12-7-8-15-42(2)3/h4-6,10-11,13-14,19,21-22,27-28,30,44H,7-9,12,15-18,20H2,1-3H3,(H,36,46)(H,37,45)(H,38,48)(H,39,47)/t22-,27+,28-,30+/m1/s1. The van der Waals surface area contributed by atoms with Gasteiger partial charge in [0.1, 0.15) is 35.4 Å². The molecular formula is C34H45FN8O6. The van der Waals surface area contributed by atoms with E-state index in [1.165, 1.54) is 19.1 Å². The summed E-state index contributed by atoms with van der Waals surface area (Å²) in [5, 5.41) is 29.6. The molecule has 0 spiro atoms. The van der Waals surface area contributed by atoms with Gasteiger partial charge in [-0.1, -0.05) is 35.5 Å². The number of aliphatic hydroxyl groups is 1. The first-order chi connectivity index (χ1) is 23.5. The molecule has 4 rings (SSSR count). The van der Waals surface area contributed by atoms with Crippen molar-refractivity contribution in [1.82, 2.24) is 41.2 Å². The van der Waals surface area contributed by atoms with Crippen molar-refractivity contribution in [1.29, 1.82) is 0 Å². The highest BCUT2D eigenvalue weighted by Gasteiger charge is 2.33. The fraction of sp³-hybridized carbons (Fsp3) is 0.471. The van der Waals surface area contributed by atoms with E-state index in [1.807, 2.05) is 49.3 Å². The number of carbonyl (C=O) groups excluding carboxylic acids is 4. The molecule has 49 heavy (non-hydrogen) atoms. The Morgan fingerprint density at radius 1 is 1.00 bits per heavy atom. The lowest BCUT2D eigenvalue weighted by molar-refractivity contribution is -0.134. The molecule has 2 aromatic carbocycles. The van der Waals surface area contributed by atoms with Crippen LogP contribution in [0, 0.1) is 5.82 Å². The summed E-state index contributed by atoms with van der Waals surface area (Å²) >= 11 is 0. The molecule has 264 valence electrons. The summed E-state index contributed by atoms with van der Waals surface area (Å²) < 4.78 is 21.8. The molecular weight excluding hydrogens is 635 g/mol. The van der Waals surface area contributed by atoms with Crippen LogP contribution in [0.5, 0.6) is 5.75 Å². The number of ether oxygens (including phenoxy) is 1. The minimum Gasteiger partial charge on any atom is -0.493 e. The number of halogens is 1. The van der Waals surface area contributed by atoms with Crippen molar-refractivity contribution in [3.63, 3.8) is 0 Å². The number of amides is 4. The molecule has 4 atom stereocenters. The Kier molecular flexibility index (Phi) is 13.6. The average Bonchev–Trinajstić information content (AvgIpc) is 3.53. The van der Waals surface area contributed by atoms with Gasteiger partial charge in [-0.2, -0.15) is 0 Å². The van der Waals surface area contributed by atoms with Gasteiger partial charge < -0.3 is 36.0 Å². The summed E-state index contributed by atoms with van der Waals surface area (Å²) in [7, 11) is 3.84. The smallest absolute Gasteiger partial charge is 0.255 e. The molecule has 0 aliphatic carbocycles. The Labute approximate surface area is 284 Å². The SMILES string of the molecule is C[C@@H](O)[C@@H]1NC(=O)[C@H](CCCCN(C)C)NC(=O)c2cc(F)ccc2OCCCn2cc(nn2)CNC(=O)[C@@H](Cc2ccccc2)NC1=O. The molecule has 0 fully saturated rings. The summed E-state index contributed by atoms with van der Waals surface area (Å²) in [6.07, 6.45) is 2.35. The van der Waals surface area contributed by atoms with Gasteiger partial charge >= 0.3 is 0 Å². The van der Waals surface area contributed by atoms with E-state index in [-0.39, 0.29) is 37.3 Å². The molecule has 3 aromatic rings. The molecule has 2 heterocycles. The summed E-state index contributed by atoms with van der Waals surface area (Å²) in [6.45, 7) is 2.69. The Balaban J connectivity index is 1.64. The molecule has 0 saturated carbocycles. The fourth-order valence-electron chi connectivity index (χ4n) is 5.30. The van der Waals surface area contributed by atoms with Gasteiger partial charge in [0.15, 0.2) is 0 Å². The van der Waals surface area contributed by atoms with Crippen molar-refractivity contribution in [2.24, 2.45) is 0 Å². The number of unbranched alkanes of at least 4 members (excludes halogenated alkanes) is 1. The van der Waals surface area contributed by atoms with Gasteiger partial charge in [0.2, 0.25) is 17.7 Å². The molecule has 0 unspecified atom stereocenters. The molecule has 0 radical (unpaired) electrons. The van der Waals surface area contributed by atoms with Crippen molar-refractivity contribution < 1.29 is 33.4 Å². The predicted molar refractivity (Wildman–Crippen MR) is 178 cm³/mol. The number of nitrogens with zero attached hydrogens (tertiary/aromatic N) is 4. The molecule has 0 saturated heterocycles. The number of rotatable bonds is 8. The zero-order valence-electron chi connectivity index (χ0n) is 28.0. The number of carbonyl (C=O) groups is 4. The van der Waals surface area contributed by atoms with Crippen LogP contribution in [0.15, 0.2) is 54.7 Å². The zero-order valence-corrected chi connectivity index (χ0v) is 28.0. The van der Waals surface area contributed by atoms with E-state index in [4.69, 9.17) is 4.74 Å². The maximum atomic E-state index is 14.4. The van der Waals surface area contributed by atoms with Gasteiger partial charge in [0.25, 0.3) is 5.91 Å². The van der Waals surface area contributed by atoms with Crippen molar-refractivity contribution in [2.75, 3.05) is 27.2 Å². The maximum absolute atomic E-state index is 14.4. The van der Waals surface area contributed by atoms with Crippen LogP contribution >= 0.6 is 0 Å². The molecule has 15 heteroatoms.